The van der Waals surface area contributed by atoms with Crippen molar-refractivity contribution in [3.05, 3.63) is 46.5 Å². The van der Waals surface area contributed by atoms with Gasteiger partial charge in [0.15, 0.2) is 0 Å². The lowest BCUT2D eigenvalue weighted by atomic mass is 10.1. The van der Waals surface area contributed by atoms with Crippen LogP contribution in [0.1, 0.15) is 28.5 Å². The molecular weight excluding hydrogens is 385 g/mol. The molecule has 2 N–H and O–H groups in total. The zero-order valence-corrected chi connectivity index (χ0v) is 14.7. The summed E-state index contributed by atoms with van der Waals surface area (Å²) in [6, 6.07) is 2.50. The number of anilines is 2. The van der Waals surface area contributed by atoms with Gasteiger partial charge in [-0.15, -0.1) is 0 Å². The van der Waals surface area contributed by atoms with Gasteiger partial charge in [0, 0.05) is 18.3 Å². The minimum atomic E-state index is -4.57. The molecule has 0 aromatic carbocycles. The van der Waals surface area contributed by atoms with Gasteiger partial charge in [-0.25, -0.2) is 4.98 Å². The number of nitrogens with zero attached hydrogens (tertiary/aromatic N) is 2. The third-order valence-corrected chi connectivity index (χ3v) is 3.37. The molecule has 0 fully saturated rings. The zero-order valence-electron chi connectivity index (χ0n) is 13.9. The lowest BCUT2D eigenvalue weighted by Gasteiger charge is -2.16. The molecular formula is C17H13ClF3N4O2-. The van der Waals surface area contributed by atoms with Crippen molar-refractivity contribution in [2.75, 3.05) is 23.7 Å². The predicted octanol–water partition coefficient (Wildman–Crippen LogP) is 2.30. The summed E-state index contributed by atoms with van der Waals surface area (Å²) >= 11 is 5.78. The maximum absolute atomic E-state index is 12.6. The molecule has 0 bridgehead atoms. The van der Waals surface area contributed by atoms with E-state index >= 15 is 0 Å². The molecule has 0 saturated heterocycles. The molecule has 0 aliphatic carbocycles. The van der Waals surface area contributed by atoms with Crippen molar-refractivity contribution in [2.45, 2.75) is 13.1 Å². The highest BCUT2D eigenvalue weighted by atomic mass is 35.5. The molecule has 0 saturated carbocycles. The average molecular weight is 398 g/mol. The molecule has 0 radical (unpaired) electrons. The summed E-state index contributed by atoms with van der Waals surface area (Å²) in [6.45, 7) is 1.00. The van der Waals surface area contributed by atoms with E-state index in [1.54, 1.807) is 6.07 Å². The molecule has 10 heteroatoms. The van der Waals surface area contributed by atoms with E-state index in [0.717, 1.165) is 6.07 Å². The van der Waals surface area contributed by atoms with Gasteiger partial charge in [-0.05, 0) is 25.0 Å². The van der Waals surface area contributed by atoms with Gasteiger partial charge < -0.3 is 20.5 Å². The predicted molar refractivity (Wildman–Crippen MR) is 92.5 cm³/mol. The number of hydrogen-bond donors (Lipinski definition) is 2. The summed E-state index contributed by atoms with van der Waals surface area (Å²) in [6.07, 6.45) is -1.54. The van der Waals surface area contributed by atoms with Crippen molar-refractivity contribution < 1.29 is 23.1 Å². The number of halogens is 4. The molecule has 0 atom stereocenters. The van der Waals surface area contributed by atoms with Gasteiger partial charge >= 0.3 is 6.18 Å². The summed E-state index contributed by atoms with van der Waals surface area (Å²) in [5.41, 5.74) is -0.108. The van der Waals surface area contributed by atoms with Gasteiger partial charge in [0.05, 0.1) is 29.1 Å². The summed E-state index contributed by atoms with van der Waals surface area (Å²) in [5, 5.41) is 16.1. The van der Waals surface area contributed by atoms with E-state index in [0.29, 0.717) is 17.8 Å². The van der Waals surface area contributed by atoms with Gasteiger partial charge in [0.2, 0.25) is 0 Å². The van der Waals surface area contributed by atoms with Gasteiger partial charge in [0.1, 0.15) is 17.4 Å². The smallest absolute Gasteiger partial charge is 0.405 e. The third kappa shape index (κ3) is 5.76. The van der Waals surface area contributed by atoms with E-state index in [1.807, 2.05) is 12.2 Å². The van der Waals surface area contributed by atoms with E-state index in [-0.39, 0.29) is 10.8 Å². The highest BCUT2D eigenvalue weighted by Gasteiger charge is 2.28. The molecule has 27 heavy (non-hydrogen) atoms. The number of aromatic nitrogens is 2. The van der Waals surface area contributed by atoms with Crippen LogP contribution in [0.2, 0.25) is 5.15 Å². The Kier molecular flexibility index (Phi) is 6.47. The Morgan fingerprint density at radius 3 is 2.70 bits per heavy atom. The van der Waals surface area contributed by atoms with E-state index in [9.17, 15) is 23.1 Å². The Hall–Kier alpha value is -2.99. The van der Waals surface area contributed by atoms with Crippen molar-refractivity contribution in [2.24, 2.45) is 0 Å². The number of aromatic carboxylic acids is 1. The molecule has 2 aromatic heterocycles. The Morgan fingerprint density at radius 1 is 1.33 bits per heavy atom. The number of carboxylic acid groups (broad SMARTS) is 1. The first-order valence-electron chi connectivity index (χ1n) is 7.63. The number of carbonyl (C=O) groups is 1. The highest BCUT2D eigenvalue weighted by molar-refractivity contribution is 6.30. The molecule has 6 nitrogen and oxygen atoms in total. The summed E-state index contributed by atoms with van der Waals surface area (Å²) in [7, 11) is 0. The minimum absolute atomic E-state index is 0.238. The van der Waals surface area contributed by atoms with Crippen molar-refractivity contribution in [3.63, 3.8) is 0 Å². The second-order valence-corrected chi connectivity index (χ2v) is 5.56. The van der Waals surface area contributed by atoms with Crippen LogP contribution in [0.3, 0.4) is 0 Å². The van der Waals surface area contributed by atoms with E-state index < -0.39 is 29.9 Å². The topological polar surface area (TPSA) is 90.0 Å². The van der Waals surface area contributed by atoms with Crippen molar-refractivity contribution in [3.8, 4) is 11.8 Å². The molecule has 0 amide bonds. The van der Waals surface area contributed by atoms with Crippen LogP contribution in [-0.2, 0) is 0 Å². The lowest BCUT2D eigenvalue weighted by molar-refractivity contribution is -0.254. The first-order valence-corrected chi connectivity index (χ1v) is 8.01. The van der Waals surface area contributed by atoms with Crippen LogP contribution in [0.15, 0.2) is 24.5 Å². The maximum atomic E-state index is 12.6. The number of alkyl halides is 3. The van der Waals surface area contributed by atoms with E-state index in [1.165, 1.54) is 12.4 Å². The monoisotopic (exact) mass is 397 g/mol. The Labute approximate surface area is 157 Å². The van der Waals surface area contributed by atoms with Gasteiger partial charge in [-0.1, -0.05) is 17.5 Å². The fourth-order valence-electron chi connectivity index (χ4n) is 2.09. The van der Waals surface area contributed by atoms with Crippen LogP contribution in [0.4, 0.5) is 24.5 Å². The summed E-state index contributed by atoms with van der Waals surface area (Å²) in [4.78, 5) is 19.1. The summed E-state index contributed by atoms with van der Waals surface area (Å²) < 4.78 is 37.7. The number of carboxylic acids is 1. The fourth-order valence-corrected chi connectivity index (χ4v) is 2.29. The Morgan fingerprint density at radius 2 is 2.07 bits per heavy atom. The fraction of sp³-hybridized carbons (Fsp3) is 0.235. The van der Waals surface area contributed by atoms with Crippen LogP contribution >= 0.6 is 11.6 Å². The molecule has 142 valence electrons. The van der Waals surface area contributed by atoms with Crippen molar-refractivity contribution >= 4 is 28.9 Å². The number of carbonyl (C=O) groups excluding carboxylic acids is 1. The summed E-state index contributed by atoms with van der Waals surface area (Å²) in [5.74, 6) is 3.60. The first kappa shape index (κ1) is 20.3. The van der Waals surface area contributed by atoms with Crippen molar-refractivity contribution in [1.29, 1.82) is 0 Å². The third-order valence-electron chi connectivity index (χ3n) is 3.18. The number of nitrogens with one attached hydrogen (secondary N) is 2. The second kappa shape index (κ2) is 8.60. The largest absolute Gasteiger partial charge is 0.545 e. The molecule has 2 aromatic rings. The average Bonchev–Trinajstić information content (AvgIpc) is 2.59. The van der Waals surface area contributed by atoms with Crippen LogP contribution < -0.4 is 15.7 Å². The molecule has 0 spiro atoms. The molecule has 0 unspecified atom stereocenters. The Bertz CT molecular complexity index is 907. The normalized spacial score (nSPS) is 10.7. The number of pyridine rings is 2. The zero-order chi connectivity index (χ0) is 20.0. The maximum Gasteiger partial charge on any atom is 0.405 e. The second-order valence-electron chi connectivity index (χ2n) is 5.17. The van der Waals surface area contributed by atoms with Gasteiger partial charge in [-0.3, -0.25) is 4.98 Å². The lowest BCUT2D eigenvalue weighted by Crippen LogP contribution is -2.27. The number of rotatable bonds is 5. The minimum Gasteiger partial charge on any atom is -0.545 e. The van der Waals surface area contributed by atoms with Crippen LogP contribution in [0.5, 0.6) is 0 Å². The first-order chi connectivity index (χ1) is 12.7. The molecule has 0 aliphatic heterocycles. The quantitative estimate of drug-likeness (QED) is 0.594. The molecule has 0 aliphatic rings. The van der Waals surface area contributed by atoms with Crippen LogP contribution in [0.25, 0.3) is 0 Å². The van der Waals surface area contributed by atoms with Gasteiger partial charge in [0.25, 0.3) is 0 Å². The van der Waals surface area contributed by atoms with Gasteiger partial charge in [-0.2, -0.15) is 13.2 Å². The van der Waals surface area contributed by atoms with Crippen molar-refractivity contribution in [1.82, 2.24) is 9.97 Å². The SMILES string of the molecule is CCNc1cnccc1C#Cc1nc(Cl)cc(C(=O)[O-])c1NCC(F)(F)F. The standard InChI is InChI=1S/C17H14ClF3N4O2/c1-2-23-13-8-22-6-5-10(13)3-4-12-15(24-9-17(19,20)21)11(16(26)27)7-14(18)25-12/h5-8,23-24H,2,9H2,1H3,(H,26,27)/p-1. The van der Waals surface area contributed by atoms with E-state index in [4.69, 9.17) is 11.6 Å². The molecule has 2 rings (SSSR count). The number of hydrogen-bond acceptors (Lipinski definition) is 6. The van der Waals surface area contributed by atoms with Crippen LogP contribution in [-0.4, -0.2) is 35.2 Å². The Balaban J connectivity index is 2.52. The molecule has 2 heterocycles. The van der Waals surface area contributed by atoms with E-state index in [2.05, 4.69) is 27.1 Å². The van der Waals surface area contributed by atoms with Crippen LogP contribution in [0, 0.1) is 11.8 Å². The highest BCUT2D eigenvalue weighted by Crippen LogP contribution is 2.25.